The fraction of sp³-hybridized carbons (Fsp3) is 0.235. The van der Waals surface area contributed by atoms with Crippen molar-refractivity contribution in [3.05, 3.63) is 55.1 Å². The fourth-order valence-corrected chi connectivity index (χ4v) is 4.14. The summed E-state index contributed by atoms with van der Waals surface area (Å²) in [6, 6.07) is 6.86. The minimum Gasteiger partial charge on any atom is -0.368 e. The maximum absolute atomic E-state index is 12.9. The van der Waals surface area contributed by atoms with Gasteiger partial charge in [-0.1, -0.05) is 34.6 Å². The second-order valence-electron chi connectivity index (χ2n) is 6.13. The molecule has 0 unspecified atom stereocenters. The van der Waals surface area contributed by atoms with E-state index in [4.69, 9.17) is 5.73 Å². The average Bonchev–Trinajstić information content (AvgIpc) is 3.04. The normalized spacial score (nSPS) is 11.5. The van der Waals surface area contributed by atoms with Crippen molar-refractivity contribution < 1.29 is 0 Å². The lowest BCUT2D eigenvalue weighted by Crippen LogP contribution is -2.23. The van der Waals surface area contributed by atoms with Gasteiger partial charge in [0.15, 0.2) is 5.16 Å². The van der Waals surface area contributed by atoms with Crippen molar-refractivity contribution in [2.24, 2.45) is 0 Å². The van der Waals surface area contributed by atoms with Gasteiger partial charge in [0.05, 0.1) is 16.6 Å². The summed E-state index contributed by atoms with van der Waals surface area (Å²) in [6.45, 7) is 2.56. The number of aromatic nitrogens is 6. The quantitative estimate of drug-likeness (QED) is 0.344. The van der Waals surface area contributed by atoms with Gasteiger partial charge in [-0.3, -0.25) is 19.3 Å². The minimum absolute atomic E-state index is 0.0841. The molecule has 11 heteroatoms. The first-order valence-electron chi connectivity index (χ1n) is 8.53. The maximum Gasteiger partial charge on any atom is 0.274 e. The van der Waals surface area contributed by atoms with Gasteiger partial charge in [-0.15, -0.1) is 0 Å². The predicted octanol–water partition coefficient (Wildman–Crippen LogP) is 2.17. The summed E-state index contributed by atoms with van der Waals surface area (Å²) in [5, 5.41) is 3.78. The highest BCUT2D eigenvalue weighted by atomic mass is 79.9. The zero-order valence-electron chi connectivity index (χ0n) is 14.8. The van der Waals surface area contributed by atoms with Gasteiger partial charge >= 0.3 is 0 Å². The van der Waals surface area contributed by atoms with Gasteiger partial charge in [0, 0.05) is 22.8 Å². The Labute approximate surface area is 171 Å². The van der Waals surface area contributed by atoms with Crippen LogP contribution in [0.5, 0.6) is 0 Å². The fourth-order valence-electron chi connectivity index (χ4n) is 2.86. The van der Waals surface area contributed by atoms with Gasteiger partial charge in [0.2, 0.25) is 5.95 Å². The number of nitrogens with two attached hydrogens (primary N) is 1. The summed E-state index contributed by atoms with van der Waals surface area (Å²) in [5.74, 6) is 0.702. The standard InChI is InChI=1S/C17H16BrN7O2S/c1-2-5-24-14(27)11-6-9(18)3-4-12(11)21-17(24)28-8-10-7-13(26)25-16(20-10)22-15(19)23-25/h3-4,6-7H,2,5,8H2,1H3,(H3,19,20,22,23). The van der Waals surface area contributed by atoms with E-state index in [1.54, 1.807) is 10.6 Å². The Morgan fingerprint density at radius 2 is 2.04 bits per heavy atom. The third kappa shape index (κ3) is 3.42. The molecule has 4 aromatic rings. The predicted molar refractivity (Wildman–Crippen MR) is 112 cm³/mol. The number of thioether (sulfide) groups is 1. The van der Waals surface area contributed by atoms with Crippen molar-refractivity contribution in [1.82, 2.24) is 29.1 Å². The van der Waals surface area contributed by atoms with E-state index in [-0.39, 0.29) is 22.8 Å². The number of fused-ring (bicyclic) bond motifs is 2. The molecule has 0 atom stereocenters. The smallest absolute Gasteiger partial charge is 0.274 e. The highest BCUT2D eigenvalue weighted by molar-refractivity contribution is 9.10. The Morgan fingerprint density at radius 3 is 2.82 bits per heavy atom. The van der Waals surface area contributed by atoms with E-state index in [1.807, 2.05) is 19.1 Å². The summed E-state index contributed by atoms with van der Waals surface area (Å²) in [5.41, 5.74) is 6.37. The molecular weight excluding hydrogens is 446 g/mol. The largest absolute Gasteiger partial charge is 0.368 e. The van der Waals surface area contributed by atoms with E-state index in [9.17, 15) is 9.59 Å². The Bertz CT molecular complexity index is 1310. The van der Waals surface area contributed by atoms with Crippen LogP contribution in [0, 0.1) is 0 Å². The third-order valence-electron chi connectivity index (χ3n) is 4.08. The van der Waals surface area contributed by atoms with Crippen LogP contribution < -0.4 is 16.9 Å². The first-order chi connectivity index (χ1) is 13.5. The van der Waals surface area contributed by atoms with Crippen molar-refractivity contribution in [2.75, 3.05) is 5.73 Å². The highest BCUT2D eigenvalue weighted by Gasteiger charge is 2.13. The number of rotatable bonds is 5. The number of anilines is 1. The molecule has 0 saturated carbocycles. The number of nitrogens with one attached hydrogen (secondary N) is 1. The molecule has 0 aliphatic rings. The van der Waals surface area contributed by atoms with Crippen molar-refractivity contribution >= 4 is 50.3 Å². The summed E-state index contributed by atoms with van der Waals surface area (Å²) in [4.78, 5) is 38.1. The van der Waals surface area contributed by atoms with Crippen molar-refractivity contribution in [3.63, 3.8) is 0 Å². The number of aromatic amines is 1. The highest BCUT2D eigenvalue weighted by Crippen LogP contribution is 2.23. The van der Waals surface area contributed by atoms with Gasteiger partial charge in [-0.25, -0.2) is 9.97 Å². The van der Waals surface area contributed by atoms with E-state index in [2.05, 4.69) is 36.0 Å². The van der Waals surface area contributed by atoms with E-state index < -0.39 is 0 Å². The van der Waals surface area contributed by atoms with Crippen molar-refractivity contribution in [3.8, 4) is 0 Å². The Morgan fingerprint density at radius 1 is 1.21 bits per heavy atom. The second-order valence-corrected chi connectivity index (χ2v) is 7.99. The molecule has 3 N–H and O–H groups in total. The molecule has 28 heavy (non-hydrogen) atoms. The van der Waals surface area contributed by atoms with Crippen LogP contribution in [-0.4, -0.2) is 29.1 Å². The molecule has 3 aromatic heterocycles. The first-order valence-corrected chi connectivity index (χ1v) is 10.3. The van der Waals surface area contributed by atoms with Crippen LogP contribution >= 0.6 is 27.7 Å². The molecule has 3 heterocycles. The van der Waals surface area contributed by atoms with E-state index in [1.165, 1.54) is 22.3 Å². The molecule has 0 spiro atoms. The van der Waals surface area contributed by atoms with Crippen molar-refractivity contribution in [1.29, 1.82) is 0 Å². The number of halogens is 1. The number of hydrogen-bond acceptors (Lipinski definition) is 7. The molecule has 0 bridgehead atoms. The molecule has 0 fully saturated rings. The number of nitrogen functional groups attached to an aromatic ring is 1. The van der Waals surface area contributed by atoms with Crippen LogP contribution in [0.2, 0.25) is 0 Å². The number of hydrogen-bond donors (Lipinski definition) is 2. The molecule has 4 rings (SSSR count). The maximum atomic E-state index is 12.9. The van der Waals surface area contributed by atoms with Crippen LogP contribution in [0.1, 0.15) is 19.0 Å². The summed E-state index contributed by atoms with van der Waals surface area (Å²) in [6.07, 6.45) is 0.798. The van der Waals surface area contributed by atoms with Crippen LogP contribution in [0.3, 0.4) is 0 Å². The monoisotopic (exact) mass is 461 g/mol. The first kappa shape index (κ1) is 18.7. The van der Waals surface area contributed by atoms with Gasteiger partial charge < -0.3 is 5.73 Å². The molecule has 144 valence electrons. The van der Waals surface area contributed by atoms with Gasteiger partial charge in [0.1, 0.15) is 0 Å². The van der Waals surface area contributed by atoms with Gasteiger partial charge in [-0.05, 0) is 24.6 Å². The molecule has 0 radical (unpaired) electrons. The zero-order valence-corrected chi connectivity index (χ0v) is 17.2. The number of H-pyrrole nitrogens is 1. The Hall–Kier alpha value is -2.66. The zero-order chi connectivity index (χ0) is 19.8. The Balaban J connectivity index is 1.73. The summed E-state index contributed by atoms with van der Waals surface area (Å²) >= 11 is 4.76. The lowest BCUT2D eigenvalue weighted by molar-refractivity contribution is 0.584. The molecule has 0 aliphatic carbocycles. The third-order valence-corrected chi connectivity index (χ3v) is 5.58. The molecule has 0 amide bonds. The van der Waals surface area contributed by atoms with Crippen LogP contribution in [0.15, 0.2) is 43.5 Å². The van der Waals surface area contributed by atoms with E-state index in [0.717, 1.165) is 10.9 Å². The molecule has 0 aliphatic heterocycles. The average molecular weight is 462 g/mol. The number of benzene rings is 1. The second kappa shape index (κ2) is 7.40. The molecule has 0 saturated heterocycles. The lowest BCUT2D eigenvalue weighted by Gasteiger charge is -2.12. The van der Waals surface area contributed by atoms with E-state index >= 15 is 0 Å². The van der Waals surface area contributed by atoms with E-state index in [0.29, 0.717) is 34.1 Å². The molecular formula is C17H16BrN7O2S. The summed E-state index contributed by atoms with van der Waals surface area (Å²) < 4.78 is 3.68. The van der Waals surface area contributed by atoms with Crippen LogP contribution in [0.4, 0.5) is 5.95 Å². The summed E-state index contributed by atoms with van der Waals surface area (Å²) in [7, 11) is 0. The lowest BCUT2D eigenvalue weighted by atomic mass is 10.2. The molecule has 1 aromatic carbocycles. The number of nitrogens with zero attached hydrogens (tertiary/aromatic N) is 5. The minimum atomic E-state index is -0.299. The van der Waals surface area contributed by atoms with Crippen molar-refractivity contribution in [2.45, 2.75) is 30.8 Å². The Kier molecular flexibility index (Phi) is 4.94. The van der Waals surface area contributed by atoms with Gasteiger partial charge in [-0.2, -0.15) is 9.50 Å². The van der Waals surface area contributed by atoms with Crippen LogP contribution in [-0.2, 0) is 12.3 Å². The van der Waals surface area contributed by atoms with Gasteiger partial charge in [0.25, 0.3) is 16.9 Å². The molecule has 9 nitrogen and oxygen atoms in total. The SMILES string of the molecule is CCCn1c(SCc2cc(=O)n3[nH]c(N)nc3n2)nc2ccc(Br)cc2c1=O. The topological polar surface area (TPSA) is 124 Å². The van der Waals surface area contributed by atoms with Crippen LogP contribution in [0.25, 0.3) is 16.7 Å².